The van der Waals surface area contributed by atoms with Crippen LogP contribution in [0.25, 0.3) is 10.9 Å². The molecule has 0 aliphatic carbocycles. The predicted octanol–water partition coefficient (Wildman–Crippen LogP) is 2.58. The number of nitrogens with zero attached hydrogens (tertiary/aromatic N) is 1. The number of H-pyrrole nitrogens is 1. The average molecular weight is 326 g/mol. The van der Waals surface area contributed by atoms with Crippen molar-refractivity contribution in [2.45, 2.75) is 6.42 Å². The van der Waals surface area contributed by atoms with Crippen molar-refractivity contribution in [3.63, 3.8) is 0 Å². The Kier molecular flexibility index (Phi) is 4.15. The molecule has 7 nitrogen and oxygen atoms in total. The molecule has 0 amide bonds. The molecule has 0 unspecified atom stereocenters. The van der Waals surface area contributed by atoms with Gasteiger partial charge in [0.1, 0.15) is 17.3 Å². The van der Waals surface area contributed by atoms with Gasteiger partial charge in [-0.15, -0.1) is 0 Å². The van der Waals surface area contributed by atoms with Crippen molar-refractivity contribution < 1.29 is 19.4 Å². The lowest BCUT2D eigenvalue weighted by atomic mass is 10.1. The van der Waals surface area contributed by atoms with Gasteiger partial charge in [0, 0.05) is 18.1 Å². The van der Waals surface area contributed by atoms with Crippen LogP contribution in [0.1, 0.15) is 11.4 Å². The van der Waals surface area contributed by atoms with Crippen molar-refractivity contribution in [2.75, 3.05) is 7.11 Å². The second-order valence-corrected chi connectivity index (χ2v) is 5.05. The van der Waals surface area contributed by atoms with Crippen LogP contribution >= 0.6 is 0 Å². The Labute approximate surface area is 136 Å². The summed E-state index contributed by atoms with van der Waals surface area (Å²) in [6.45, 7) is 0. The van der Waals surface area contributed by atoms with Gasteiger partial charge < -0.3 is 19.6 Å². The SMILES string of the molecule is COc1ccccc1Cc1nc2cc(OC(=O)O)ccc2c(=O)[nH]1. The summed E-state index contributed by atoms with van der Waals surface area (Å²) in [5, 5.41) is 9.03. The van der Waals surface area contributed by atoms with Crippen molar-refractivity contribution in [2.24, 2.45) is 0 Å². The highest BCUT2D eigenvalue weighted by molar-refractivity contribution is 5.79. The smallest absolute Gasteiger partial charge is 0.496 e. The van der Waals surface area contributed by atoms with Gasteiger partial charge in [-0.3, -0.25) is 4.79 Å². The van der Waals surface area contributed by atoms with Gasteiger partial charge in [-0.1, -0.05) is 18.2 Å². The zero-order valence-electron chi connectivity index (χ0n) is 12.8. The summed E-state index contributed by atoms with van der Waals surface area (Å²) in [6.07, 6.45) is -1.05. The topological polar surface area (TPSA) is 102 Å². The van der Waals surface area contributed by atoms with Crippen LogP contribution in [0, 0.1) is 0 Å². The van der Waals surface area contributed by atoms with E-state index in [4.69, 9.17) is 9.84 Å². The molecule has 0 bridgehead atoms. The van der Waals surface area contributed by atoms with E-state index in [-0.39, 0.29) is 11.3 Å². The molecule has 3 aromatic rings. The lowest BCUT2D eigenvalue weighted by molar-refractivity contribution is 0.144. The zero-order valence-corrected chi connectivity index (χ0v) is 12.8. The van der Waals surface area contributed by atoms with Gasteiger partial charge in [0.05, 0.1) is 18.0 Å². The third-order valence-electron chi connectivity index (χ3n) is 3.48. The Morgan fingerprint density at radius 3 is 2.79 bits per heavy atom. The van der Waals surface area contributed by atoms with Gasteiger partial charge in [0.2, 0.25) is 0 Å². The number of fused-ring (bicyclic) bond motifs is 1. The van der Waals surface area contributed by atoms with Crippen LogP contribution in [-0.4, -0.2) is 28.3 Å². The first-order valence-corrected chi connectivity index (χ1v) is 7.12. The quantitative estimate of drug-likeness (QED) is 0.564. The lowest BCUT2D eigenvalue weighted by Gasteiger charge is -2.08. The molecule has 0 atom stereocenters. The monoisotopic (exact) mass is 326 g/mol. The molecule has 0 spiro atoms. The number of nitrogens with one attached hydrogen (secondary N) is 1. The van der Waals surface area contributed by atoms with Crippen molar-refractivity contribution >= 4 is 17.1 Å². The van der Waals surface area contributed by atoms with Crippen molar-refractivity contribution in [1.82, 2.24) is 9.97 Å². The van der Waals surface area contributed by atoms with Crippen molar-refractivity contribution in [1.29, 1.82) is 0 Å². The summed E-state index contributed by atoms with van der Waals surface area (Å²) in [6, 6.07) is 11.7. The van der Waals surface area contributed by atoms with E-state index in [9.17, 15) is 9.59 Å². The van der Waals surface area contributed by atoms with E-state index in [2.05, 4.69) is 14.7 Å². The van der Waals surface area contributed by atoms with E-state index in [1.807, 2.05) is 24.3 Å². The minimum atomic E-state index is -1.42. The first-order valence-electron chi connectivity index (χ1n) is 7.12. The fraction of sp³-hybridized carbons (Fsp3) is 0.118. The maximum absolute atomic E-state index is 12.2. The summed E-state index contributed by atoms with van der Waals surface area (Å²) >= 11 is 0. The molecule has 0 saturated heterocycles. The first-order chi connectivity index (χ1) is 11.6. The van der Waals surface area contributed by atoms with Crippen LogP contribution in [0.3, 0.4) is 0 Å². The standard InChI is InChI=1S/C17H14N2O5/c1-23-14-5-3-2-4-10(14)8-15-18-13-9-11(24-17(21)22)6-7-12(13)16(20)19-15/h2-7,9H,8H2,1H3,(H,21,22)(H,18,19,20). The number of benzene rings is 2. The minimum Gasteiger partial charge on any atom is -0.496 e. The third-order valence-corrected chi connectivity index (χ3v) is 3.48. The van der Waals surface area contributed by atoms with Crippen LogP contribution in [0.2, 0.25) is 0 Å². The van der Waals surface area contributed by atoms with Gasteiger partial charge in [-0.25, -0.2) is 9.78 Å². The molecule has 0 aliphatic rings. The van der Waals surface area contributed by atoms with Gasteiger partial charge in [-0.2, -0.15) is 0 Å². The summed E-state index contributed by atoms with van der Waals surface area (Å²) in [5.41, 5.74) is 0.939. The molecular weight excluding hydrogens is 312 g/mol. The number of carboxylic acid groups (broad SMARTS) is 1. The number of aromatic amines is 1. The maximum Gasteiger partial charge on any atom is 0.511 e. The molecule has 1 aromatic heterocycles. The van der Waals surface area contributed by atoms with E-state index >= 15 is 0 Å². The fourth-order valence-electron chi connectivity index (χ4n) is 2.45. The number of ether oxygens (including phenoxy) is 2. The Morgan fingerprint density at radius 1 is 1.25 bits per heavy atom. The van der Waals surface area contributed by atoms with Crippen LogP contribution in [0.15, 0.2) is 47.3 Å². The average Bonchev–Trinajstić information content (AvgIpc) is 2.54. The maximum atomic E-state index is 12.2. The van der Waals surface area contributed by atoms with Gasteiger partial charge in [-0.05, 0) is 18.2 Å². The van der Waals surface area contributed by atoms with Gasteiger partial charge in [0.15, 0.2) is 0 Å². The number of para-hydroxylation sites is 1. The fourth-order valence-corrected chi connectivity index (χ4v) is 2.45. The van der Waals surface area contributed by atoms with Gasteiger partial charge in [0.25, 0.3) is 5.56 Å². The number of aromatic nitrogens is 2. The molecule has 7 heteroatoms. The first kappa shape index (κ1) is 15.5. The second-order valence-electron chi connectivity index (χ2n) is 5.05. The van der Waals surface area contributed by atoms with Gasteiger partial charge >= 0.3 is 6.16 Å². The number of hydrogen-bond donors (Lipinski definition) is 2. The van der Waals surface area contributed by atoms with Crippen molar-refractivity contribution in [3.05, 3.63) is 64.2 Å². The molecule has 2 aromatic carbocycles. The van der Waals surface area contributed by atoms with E-state index in [0.29, 0.717) is 28.9 Å². The summed E-state index contributed by atoms with van der Waals surface area (Å²) in [5.74, 6) is 1.25. The minimum absolute atomic E-state index is 0.108. The molecule has 24 heavy (non-hydrogen) atoms. The van der Waals surface area contributed by atoms with Crippen LogP contribution in [0.5, 0.6) is 11.5 Å². The Bertz CT molecular complexity index is 965. The molecule has 0 fully saturated rings. The van der Waals surface area contributed by atoms with E-state index in [0.717, 1.165) is 5.56 Å². The van der Waals surface area contributed by atoms with Crippen LogP contribution < -0.4 is 15.0 Å². The summed E-state index contributed by atoms with van der Waals surface area (Å²) < 4.78 is 9.89. The number of methoxy groups -OCH3 is 1. The zero-order chi connectivity index (χ0) is 17.1. The number of rotatable bonds is 4. The van der Waals surface area contributed by atoms with Crippen molar-refractivity contribution in [3.8, 4) is 11.5 Å². The van der Waals surface area contributed by atoms with E-state index in [1.165, 1.54) is 18.2 Å². The number of hydrogen-bond acceptors (Lipinski definition) is 5. The number of carbonyl (C=O) groups is 1. The normalized spacial score (nSPS) is 10.5. The molecular formula is C17H14N2O5. The molecule has 0 radical (unpaired) electrons. The predicted molar refractivity (Wildman–Crippen MR) is 86.8 cm³/mol. The van der Waals surface area contributed by atoms with E-state index < -0.39 is 6.16 Å². The highest BCUT2D eigenvalue weighted by Crippen LogP contribution is 2.21. The Morgan fingerprint density at radius 2 is 2.04 bits per heavy atom. The molecule has 2 N–H and O–H groups in total. The summed E-state index contributed by atoms with van der Waals surface area (Å²) in [7, 11) is 1.57. The molecule has 0 aliphatic heterocycles. The molecule has 3 rings (SSSR count). The molecule has 1 heterocycles. The lowest BCUT2D eigenvalue weighted by Crippen LogP contribution is -2.13. The molecule has 122 valence electrons. The van der Waals surface area contributed by atoms with E-state index in [1.54, 1.807) is 7.11 Å². The Hall–Kier alpha value is -3.35. The van der Waals surface area contributed by atoms with Crippen LogP contribution in [-0.2, 0) is 6.42 Å². The van der Waals surface area contributed by atoms with Crippen LogP contribution in [0.4, 0.5) is 4.79 Å². The third kappa shape index (κ3) is 3.19. The summed E-state index contributed by atoms with van der Waals surface area (Å²) in [4.78, 5) is 29.9. The molecule has 0 saturated carbocycles. The Balaban J connectivity index is 2.02. The second kappa shape index (κ2) is 6.41. The largest absolute Gasteiger partial charge is 0.511 e. The highest BCUT2D eigenvalue weighted by atomic mass is 16.7. The highest BCUT2D eigenvalue weighted by Gasteiger charge is 2.10.